The van der Waals surface area contributed by atoms with Gasteiger partial charge in [0.05, 0.1) is 19.4 Å². The zero-order valence-corrected chi connectivity index (χ0v) is 18.2. The van der Waals surface area contributed by atoms with Crippen molar-refractivity contribution in [1.29, 1.82) is 0 Å². The second kappa shape index (κ2) is 11.2. The summed E-state index contributed by atoms with van der Waals surface area (Å²) in [7, 11) is 3.26. The van der Waals surface area contributed by atoms with Gasteiger partial charge in [0.25, 0.3) is 0 Å². The maximum Gasteiger partial charge on any atom is 0.409 e. The van der Waals surface area contributed by atoms with Crippen LogP contribution >= 0.6 is 0 Å². The molecule has 0 radical (unpaired) electrons. The van der Waals surface area contributed by atoms with E-state index in [2.05, 4.69) is 20.4 Å². The molecule has 0 atom stereocenters. The molecule has 0 saturated carbocycles. The van der Waals surface area contributed by atoms with Crippen molar-refractivity contribution in [2.24, 2.45) is 5.10 Å². The highest BCUT2D eigenvalue weighted by molar-refractivity contribution is 5.80. The van der Waals surface area contributed by atoms with Crippen LogP contribution in [0, 0.1) is 6.92 Å². The third-order valence-electron chi connectivity index (χ3n) is 4.52. The van der Waals surface area contributed by atoms with Crippen LogP contribution < -0.4 is 15.1 Å². The first-order chi connectivity index (χ1) is 15.0. The number of amides is 1. The molecule has 9 heteroatoms. The van der Waals surface area contributed by atoms with E-state index in [4.69, 9.17) is 14.2 Å². The number of hydrazone groups is 1. The molecule has 2 heterocycles. The Morgan fingerprint density at radius 2 is 2.06 bits per heavy atom. The van der Waals surface area contributed by atoms with Crippen molar-refractivity contribution < 1.29 is 19.0 Å². The van der Waals surface area contributed by atoms with Gasteiger partial charge in [-0.3, -0.25) is 5.43 Å². The Balaban J connectivity index is 1.67. The van der Waals surface area contributed by atoms with Crippen LogP contribution in [0.3, 0.4) is 0 Å². The molecule has 0 bridgehead atoms. The van der Waals surface area contributed by atoms with E-state index in [0.717, 1.165) is 24.3 Å². The molecule has 0 aliphatic carbocycles. The highest BCUT2D eigenvalue weighted by Crippen LogP contribution is 2.24. The van der Waals surface area contributed by atoms with Gasteiger partial charge < -0.3 is 24.0 Å². The lowest BCUT2D eigenvalue weighted by atomic mass is 10.2. The molecule has 166 valence electrons. The molecule has 1 N–H and O–H groups in total. The Labute approximate surface area is 182 Å². The summed E-state index contributed by atoms with van der Waals surface area (Å²) in [6.45, 7) is 5.30. The van der Waals surface area contributed by atoms with Gasteiger partial charge in [-0.1, -0.05) is 29.8 Å². The summed E-state index contributed by atoms with van der Waals surface area (Å²) >= 11 is 0. The van der Waals surface area contributed by atoms with Gasteiger partial charge >= 0.3 is 6.09 Å². The van der Waals surface area contributed by atoms with Gasteiger partial charge in [-0.05, 0) is 12.5 Å². The number of nitrogens with zero attached hydrogens (tertiary/aromatic N) is 4. The summed E-state index contributed by atoms with van der Waals surface area (Å²) in [6, 6.07) is 11.9. The summed E-state index contributed by atoms with van der Waals surface area (Å²) in [5.74, 6) is 0.992. The van der Waals surface area contributed by atoms with Gasteiger partial charge in [-0.25, -0.2) is 4.79 Å². The Bertz CT molecular complexity index is 897. The number of aromatic nitrogens is 1. The molecule has 1 aromatic heterocycles. The average Bonchev–Trinajstić information content (AvgIpc) is 2.77. The van der Waals surface area contributed by atoms with E-state index in [9.17, 15) is 4.79 Å². The van der Waals surface area contributed by atoms with Crippen molar-refractivity contribution in [3.63, 3.8) is 0 Å². The van der Waals surface area contributed by atoms with E-state index >= 15 is 0 Å². The lowest BCUT2D eigenvalue weighted by Gasteiger charge is -2.29. The fraction of sp³-hybridized carbons (Fsp3) is 0.409. The van der Waals surface area contributed by atoms with Crippen LogP contribution in [0.2, 0.25) is 0 Å². The molecule has 1 fully saturated rings. The Kier molecular flexibility index (Phi) is 8.05. The molecule has 31 heavy (non-hydrogen) atoms. The minimum Gasteiger partial charge on any atom is -0.474 e. The zero-order chi connectivity index (χ0) is 22.1. The van der Waals surface area contributed by atoms with Crippen LogP contribution in [0.25, 0.3) is 0 Å². The van der Waals surface area contributed by atoms with Crippen LogP contribution in [0.15, 0.2) is 41.5 Å². The number of nitrogens with one attached hydrogen (secondary N) is 1. The Morgan fingerprint density at radius 1 is 1.26 bits per heavy atom. The standard InChI is InChI=1S/C22H29N5O4/c1-17-5-4-6-18(13-17)16-23-25-20-14-19(27-7-9-29-10-8-27)15-21(24-20)30-11-12-31-22(28)26(2)3/h4-6,13-16H,7-12H2,1-3H3,(H,24,25). The molecule has 1 saturated heterocycles. The molecule has 1 amide bonds. The summed E-state index contributed by atoms with van der Waals surface area (Å²) in [6.07, 6.45) is 1.34. The van der Waals surface area contributed by atoms with Crippen molar-refractivity contribution in [2.45, 2.75) is 6.92 Å². The van der Waals surface area contributed by atoms with Gasteiger partial charge in [-0.2, -0.15) is 10.1 Å². The second-order valence-corrected chi connectivity index (χ2v) is 7.29. The third kappa shape index (κ3) is 7.14. The van der Waals surface area contributed by atoms with E-state index in [0.29, 0.717) is 24.9 Å². The van der Waals surface area contributed by atoms with Gasteiger partial charge in [0, 0.05) is 45.0 Å². The first-order valence-corrected chi connectivity index (χ1v) is 10.2. The van der Waals surface area contributed by atoms with E-state index in [1.165, 1.54) is 10.5 Å². The van der Waals surface area contributed by atoms with Gasteiger partial charge in [0.15, 0.2) is 5.82 Å². The largest absolute Gasteiger partial charge is 0.474 e. The van der Waals surface area contributed by atoms with Crippen LogP contribution in [-0.4, -0.2) is 75.8 Å². The van der Waals surface area contributed by atoms with Crippen LogP contribution in [0.1, 0.15) is 11.1 Å². The first kappa shape index (κ1) is 22.4. The minimum atomic E-state index is -0.411. The third-order valence-corrected chi connectivity index (χ3v) is 4.52. The van der Waals surface area contributed by atoms with E-state index in [-0.39, 0.29) is 13.2 Å². The molecular formula is C22H29N5O4. The van der Waals surface area contributed by atoms with Crippen molar-refractivity contribution in [3.05, 3.63) is 47.5 Å². The van der Waals surface area contributed by atoms with Crippen LogP contribution in [-0.2, 0) is 9.47 Å². The van der Waals surface area contributed by atoms with Gasteiger partial charge in [-0.15, -0.1) is 0 Å². The first-order valence-electron chi connectivity index (χ1n) is 10.2. The molecular weight excluding hydrogens is 398 g/mol. The summed E-state index contributed by atoms with van der Waals surface area (Å²) in [5.41, 5.74) is 6.11. The molecule has 2 aromatic rings. The highest BCUT2D eigenvalue weighted by Gasteiger charge is 2.14. The van der Waals surface area contributed by atoms with E-state index < -0.39 is 6.09 Å². The summed E-state index contributed by atoms with van der Waals surface area (Å²) < 4.78 is 16.3. The number of benzene rings is 1. The van der Waals surface area contributed by atoms with E-state index in [1.807, 2.05) is 43.3 Å². The predicted molar refractivity (Wildman–Crippen MR) is 120 cm³/mol. The highest BCUT2D eigenvalue weighted by atomic mass is 16.6. The Hall–Kier alpha value is -3.33. The number of ether oxygens (including phenoxy) is 3. The molecule has 1 aromatic carbocycles. The van der Waals surface area contributed by atoms with Crippen LogP contribution in [0.5, 0.6) is 5.88 Å². The number of aryl methyl sites for hydroxylation is 1. The average molecular weight is 428 g/mol. The molecule has 0 spiro atoms. The van der Waals surface area contributed by atoms with Crippen molar-refractivity contribution in [3.8, 4) is 5.88 Å². The fourth-order valence-corrected chi connectivity index (χ4v) is 2.95. The fourth-order valence-electron chi connectivity index (χ4n) is 2.95. The molecule has 1 aliphatic heterocycles. The molecule has 0 unspecified atom stereocenters. The zero-order valence-electron chi connectivity index (χ0n) is 18.2. The van der Waals surface area contributed by atoms with Crippen LogP contribution in [0.4, 0.5) is 16.3 Å². The number of hydrogen-bond donors (Lipinski definition) is 1. The predicted octanol–water partition coefficient (Wildman–Crippen LogP) is 2.75. The van der Waals surface area contributed by atoms with E-state index in [1.54, 1.807) is 20.3 Å². The van der Waals surface area contributed by atoms with Gasteiger partial charge in [0.1, 0.15) is 13.2 Å². The molecule has 9 nitrogen and oxygen atoms in total. The van der Waals surface area contributed by atoms with Crippen molar-refractivity contribution in [1.82, 2.24) is 9.88 Å². The minimum absolute atomic E-state index is 0.134. The maximum absolute atomic E-state index is 11.5. The second-order valence-electron chi connectivity index (χ2n) is 7.29. The summed E-state index contributed by atoms with van der Waals surface area (Å²) in [4.78, 5) is 19.6. The van der Waals surface area contributed by atoms with Crippen molar-refractivity contribution >= 4 is 23.8 Å². The monoisotopic (exact) mass is 427 g/mol. The number of hydrogen-bond acceptors (Lipinski definition) is 8. The number of rotatable bonds is 8. The van der Waals surface area contributed by atoms with Crippen molar-refractivity contribution in [2.75, 3.05) is 63.9 Å². The Morgan fingerprint density at radius 3 is 2.81 bits per heavy atom. The van der Waals surface area contributed by atoms with Gasteiger partial charge in [0.2, 0.25) is 5.88 Å². The number of anilines is 2. The number of pyridine rings is 1. The quantitative estimate of drug-likeness (QED) is 0.394. The normalized spacial score (nSPS) is 13.8. The maximum atomic E-state index is 11.5. The summed E-state index contributed by atoms with van der Waals surface area (Å²) in [5, 5.41) is 4.31. The molecule has 1 aliphatic rings. The SMILES string of the molecule is Cc1cccc(C=NNc2cc(N3CCOCC3)cc(OCCOC(=O)N(C)C)n2)c1. The smallest absolute Gasteiger partial charge is 0.409 e. The molecule has 3 rings (SSSR count). The lowest BCUT2D eigenvalue weighted by molar-refractivity contribution is 0.101. The number of carbonyl (C=O) groups is 1. The lowest BCUT2D eigenvalue weighted by Crippen LogP contribution is -2.36. The number of carbonyl (C=O) groups excluding carboxylic acids is 1. The number of morpholine rings is 1. The topological polar surface area (TPSA) is 88.5 Å².